The number of sulfonamides is 1. The molecule has 0 aliphatic heterocycles. The van der Waals surface area contributed by atoms with Crippen molar-refractivity contribution in [2.45, 2.75) is 12.2 Å². The number of thiocarbonyl (C=S) groups is 1. The van der Waals surface area contributed by atoms with E-state index in [1.807, 2.05) is 0 Å². The molecule has 1 unspecified atom stereocenters. The first-order valence-corrected chi connectivity index (χ1v) is 6.45. The molecule has 8 heteroatoms. The number of hydrogen-bond acceptors (Lipinski definition) is 3. The molecule has 0 fully saturated rings. The van der Waals surface area contributed by atoms with E-state index >= 15 is 0 Å². The lowest BCUT2D eigenvalue weighted by Gasteiger charge is -2.13. The standard InChI is InChI=1S/C9H10F2N2O2S2/c1-5(9(12)16)17(14,15)13-6-2-3-7(10)8(11)4-6/h2-5,13H,1H3,(H2,12,16). The predicted molar refractivity (Wildman–Crippen MR) is 65.1 cm³/mol. The molecule has 0 amide bonds. The molecular formula is C9H10F2N2O2S2. The SMILES string of the molecule is CC(C(N)=S)S(=O)(=O)Nc1ccc(F)c(F)c1. The Balaban J connectivity index is 2.98. The van der Waals surface area contributed by atoms with Crippen LogP contribution >= 0.6 is 12.2 Å². The van der Waals surface area contributed by atoms with Gasteiger partial charge in [0.15, 0.2) is 11.6 Å². The van der Waals surface area contributed by atoms with Crippen LogP contribution in [0.5, 0.6) is 0 Å². The lowest BCUT2D eigenvalue weighted by atomic mass is 10.3. The second-order valence-electron chi connectivity index (χ2n) is 3.32. The number of benzene rings is 1. The molecule has 1 atom stereocenters. The zero-order valence-corrected chi connectivity index (χ0v) is 10.4. The second-order valence-corrected chi connectivity index (χ2v) is 5.79. The van der Waals surface area contributed by atoms with Crippen molar-refractivity contribution in [1.29, 1.82) is 0 Å². The van der Waals surface area contributed by atoms with Crippen LogP contribution in [0.15, 0.2) is 18.2 Å². The Bertz CT molecular complexity index is 546. The minimum absolute atomic E-state index is 0.0907. The van der Waals surface area contributed by atoms with Crippen molar-refractivity contribution in [1.82, 2.24) is 0 Å². The summed E-state index contributed by atoms with van der Waals surface area (Å²) in [6.07, 6.45) is 0. The van der Waals surface area contributed by atoms with Gasteiger partial charge >= 0.3 is 0 Å². The van der Waals surface area contributed by atoms with Gasteiger partial charge in [-0.15, -0.1) is 0 Å². The molecule has 1 aromatic carbocycles. The quantitative estimate of drug-likeness (QED) is 0.817. The van der Waals surface area contributed by atoms with Gasteiger partial charge in [0.2, 0.25) is 10.0 Å². The van der Waals surface area contributed by atoms with E-state index in [0.717, 1.165) is 18.2 Å². The highest BCUT2D eigenvalue weighted by molar-refractivity contribution is 7.95. The molecule has 0 heterocycles. The van der Waals surface area contributed by atoms with Crippen molar-refractivity contribution in [3.05, 3.63) is 29.8 Å². The Hall–Kier alpha value is -1.28. The summed E-state index contributed by atoms with van der Waals surface area (Å²) in [7, 11) is -3.85. The van der Waals surface area contributed by atoms with Crippen LogP contribution in [0.4, 0.5) is 14.5 Å². The molecule has 0 saturated heterocycles. The summed E-state index contributed by atoms with van der Waals surface area (Å²) in [6, 6.07) is 2.65. The summed E-state index contributed by atoms with van der Waals surface area (Å²) in [5.41, 5.74) is 5.12. The normalized spacial score (nSPS) is 13.1. The molecule has 3 N–H and O–H groups in total. The average molecular weight is 280 g/mol. The third kappa shape index (κ3) is 3.34. The molecule has 0 radical (unpaired) electrons. The van der Waals surface area contributed by atoms with Gasteiger partial charge in [0.05, 0.1) is 10.7 Å². The highest BCUT2D eigenvalue weighted by Crippen LogP contribution is 2.16. The summed E-state index contributed by atoms with van der Waals surface area (Å²) < 4.78 is 50.8. The Labute approximate surface area is 103 Å². The van der Waals surface area contributed by atoms with Gasteiger partial charge in [-0.05, 0) is 19.1 Å². The summed E-state index contributed by atoms with van der Waals surface area (Å²) in [5, 5.41) is -1.11. The lowest BCUT2D eigenvalue weighted by Crippen LogP contribution is -2.35. The molecule has 94 valence electrons. The molecule has 0 aliphatic rings. The highest BCUT2D eigenvalue weighted by Gasteiger charge is 2.23. The summed E-state index contributed by atoms with van der Waals surface area (Å²) in [5.74, 6) is -2.21. The number of halogens is 2. The van der Waals surface area contributed by atoms with Crippen molar-refractivity contribution in [3.63, 3.8) is 0 Å². The van der Waals surface area contributed by atoms with E-state index in [2.05, 4.69) is 16.9 Å². The number of hydrogen-bond donors (Lipinski definition) is 2. The van der Waals surface area contributed by atoms with Gasteiger partial charge in [0.1, 0.15) is 5.25 Å². The van der Waals surface area contributed by atoms with Gasteiger partial charge in [-0.1, -0.05) is 12.2 Å². The van der Waals surface area contributed by atoms with Crippen LogP contribution in [-0.2, 0) is 10.0 Å². The monoisotopic (exact) mass is 280 g/mol. The van der Waals surface area contributed by atoms with Crippen molar-refractivity contribution < 1.29 is 17.2 Å². The molecule has 0 spiro atoms. The zero-order chi connectivity index (χ0) is 13.2. The molecular weight excluding hydrogens is 270 g/mol. The van der Waals surface area contributed by atoms with E-state index in [1.165, 1.54) is 6.92 Å². The molecule has 4 nitrogen and oxygen atoms in total. The van der Waals surface area contributed by atoms with Crippen LogP contribution in [0.2, 0.25) is 0 Å². The van der Waals surface area contributed by atoms with Gasteiger partial charge < -0.3 is 5.73 Å². The number of nitrogens with two attached hydrogens (primary N) is 1. The molecule has 0 bridgehead atoms. The van der Waals surface area contributed by atoms with Gasteiger partial charge in [0, 0.05) is 6.07 Å². The van der Waals surface area contributed by atoms with Crippen molar-refractivity contribution in [2.24, 2.45) is 5.73 Å². The second kappa shape index (κ2) is 4.92. The van der Waals surface area contributed by atoms with E-state index in [9.17, 15) is 17.2 Å². The lowest BCUT2D eigenvalue weighted by molar-refractivity contribution is 0.509. The predicted octanol–water partition coefficient (Wildman–Crippen LogP) is 1.38. The van der Waals surface area contributed by atoms with Crippen LogP contribution in [0.25, 0.3) is 0 Å². The van der Waals surface area contributed by atoms with Crippen LogP contribution < -0.4 is 10.5 Å². The Morgan fingerprint density at radius 2 is 2.00 bits per heavy atom. The molecule has 1 rings (SSSR count). The first-order chi connectivity index (χ1) is 7.74. The third-order valence-corrected chi connectivity index (χ3v) is 4.25. The van der Waals surface area contributed by atoms with Crippen LogP contribution in [0.1, 0.15) is 6.92 Å². The molecule has 1 aromatic rings. The fourth-order valence-electron chi connectivity index (χ4n) is 0.965. The fourth-order valence-corrected chi connectivity index (χ4v) is 2.28. The third-order valence-electron chi connectivity index (χ3n) is 2.05. The van der Waals surface area contributed by atoms with E-state index in [0.29, 0.717) is 0 Å². The summed E-state index contributed by atoms with van der Waals surface area (Å²) in [4.78, 5) is -0.208. The Kier molecular flexibility index (Phi) is 3.99. The minimum atomic E-state index is -3.85. The fraction of sp³-hybridized carbons (Fsp3) is 0.222. The minimum Gasteiger partial charge on any atom is -0.392 e. The number of nitrogens with one attached hydrogen (secondary N) is 1. The van der Waals surface area contributed by atoms with Gasteiger partial charge in [-0.3, -0.25) is 4.72 Å². The van der Waals surface area contributed by atoms with Crippen molar-refractivity contribution >= 4 is 32.9 Å². The number of rotatable bonds is 4. The smallest absolute Gasteiger partial charge is 0.241 e. The van der Waals surface area contributed by atoms with Crippen molar-refractivity contribution in [2.75, 3.05) is 4.72 Å². The molecule has 0 aliphatic carbocycles. The van der Waals surface area contributed by atoms with Gasteiger partial charge in [-0.25, -0.2) is 17.2 Å². The zero-order valence-electron chi connectivity index (χ0n) is 8.78. The molecule has 0 saturated carbocycles. The average Bonchev–Trinajstić information content (AvgIpc) is 2.22. The van der Waals surface area contributed by atoms with E-state index < -0.39 is 26.9 Å². The molecule has 0 aromatic heterocycles. The van der Waals surface area contributed by atoms with Gasteiger partial charge in [-0.2, -0.15) is 0 Å². The molecule has 17 heavy (non-hydrogen) atoms. The van der Waals surface area contributed by atoms with Gasteiger partial charge in [0.25, 0.3) is 0 Å². The summed E-state index contributed by atoms with van der Waals surface area (Å²) in [6.45, 7) is 1.30. The van der Waals surface area contributed by atoms with E-state index in [1.54, 1.807) is 0 Å². The van der Waals surface area contributed by atoms with E-state index in [-0.39, 0.29) is 10.7 Å². The maximum atomic E-state index is 12.9. The number of anilines is 1. The Morgan fingerprint density at radius 3 is 2.47 bits per heavy atom. The maximum absolute atomic E-state index is 12.9. The highest BCUT2D eigenvalue weighted by atomic mass is 32.2. The first kappa shape index (κ1) is 13.8. The van der Waals surface area contributed by atoms with Crippen LogP contribution in [0.3, 0.4) is 0 Å². The van der Waals surface area contributed by atoms with Crippen LogP contribution in [0, 0.1) is 11.6 Å². The topological polar surface area (TPSA) is 72.2 Å². The largest absolute Gasteiger partial charge is 0.392 e. The maximum Gasteiger partial charge on any atom is 0.241 e. The first-order valence-electron chi connectivity index (χ1n) is 4.50. The van der Waals surface area contributed by atoms with E-state index in [4.69, 9.17) is 5.73 Å². The van der Waals surface area contributed by atoms with Crippen LogP contribution in [-0.4, -0.2) is 18.7 Å². The Morgan fingerprint density at radius 1 is 1.41 bits per heavy atom. The van der Waals surface area contributed by atoms with Crippen molar-refractivity contribution in [3.8, 4) is 0 Å². The summed E-state index contributed by atoms with van der Waals surface area (Å²) >= 11 is 4.55.